The van der Waals surface area contributed by atoms with Gasteiger partial charge in [-0.3, -0.25) is 9.88 Å². The number of pyridine rings is 1. The molecule has 78 valence electrons. The summed E-state index contributed by atoms with van der Waals surface area (Å²) in [7, 11) is 1.78. The molecule has 1 rings (SSSR count). The lowest BCUT2D eigenvalue weighted by molar-refractivity contribution is 0.0696. The topological polar surface area (TPSA) is 77.2 Å². The Morgan fingerprint density at radius 2 is 2.47 bits per heavy atom. The predicted molar refractivity (Wildman–Crippen MR) is 53.1 cm³/mol. The fraction of sp³-hybridized carbons (Fsp3) is 0.300. The molecule has 0 saturated carbocycles. The van der Waals surface area contributed by atoms with Gasteiger partial charge in [-0.15, -0.1) is 0 Å². The van der Waals surface area contributed by atoms with Gasteiger partial charge in [-0.2, -0.15) is 5.26 Å². The average Bonchev–Trinajstić information content (AvgIpc) is 2.18. The fourth-order valence-corrected chi connectivity index (χ4v) is 1.15. The van der Waals surface area contributed by atoms with E-state index in [1.807, 2.05) is 6.07 Å². The molecule has 1 heterocycles. The third-order valence-corrected chi connectivity index (χ3v) is 1.84. The van der Waals surface area contributed by atoms with Crippen LogP contribution in [-0.2, 0) is 6.54 Å². The standard InChI is InChI=1S/C10H11N3O2/c1-13(5-3-11)7-9-6-8(10(14)15)2-4-12-9/h2,4,6H,5,7H2,1H3,(H,14,15). The SMILES string of the molecule is CN(CC#N)Cc1cc(C(=O)O)ccn1. The molecule has 15 heavy (non-hydrogen) atoms. The van der Waals surface area contributed by atoms with Crippen LogP contribution in [-0.4, -0.2) is 34.6 Å². The van der Waals surface area contributed by atoms with Crippen molar-refractivity contribution in [1.82, 2.24) is 9.88 Å². The molecule has 0 spiro atoms. The molecule has 1 aromatic rings. The maximum atomic E-state index is 10.7. The number of aromatic nitrogens is 1. The van der Waals surface area contributed by atoms with Crippen molar-refractivity contribution in [3.05, 3.63) is 29.6 Å². The molecule has 0 radical (unpaired) electrons. The molecule has 5 heteroatoms. The molecule has 0 aliphatic heterocycles. The van der Waals surface area contributed by atoms with Gasteiger partial charge in [0.1, 0.15) is 0 Å². The smallest absolute Gasteiger partial charge is 0.335 e. The van der Waals surface area contributed by atoms with Gasteiger partial charge in [0.15, 0.2) is 0 Å². The van der Waals surface area contributed by atoms with Crippen molar-refractivity contribution in [2.45, 2.75) is 6.54 Å². The van der Waals surface area contributed by atoms with Crippen LogP contribution in [0.15, 0.2) is 18.3 Å². The van der Waals surface area contributed by atoms with Gasteiger partial charge in [0.05, 0.1) is 23.9 Å². The number of carboxylic acid groups (broad SMARTS) is 1. The summed E-state index contributed by atoms with van der Waals surface area (Å²) >= 11 is 0. The van der Waals surface area contributed by atoms with Crippen LogP contribution in [0, 0.1) is 11.3 Å². The Morgan fingerprint density at radius 3 is 3.07 bits per heavy atom. The van der Waals surface area contributed by atoms with E-state index in [0.717, 1.165) is 0 Å². The van der Waals surface area contributed by atoms with Gasteiger partial charge < -0.3 is 5.11 Å². The van der Waals surface area contributed by atoms with Gasteiger partial charge in [-0.25, -0.2) is 4.79 Å². The summed E-state index contributed by atoms with van der Waals surface area (Å²) in [5.74, 6) is -0.971. The maximum Gasteiger partial charge on any atom is 0.335 e. The highest BCUT2D eigenvalue weighted by atomic mass is 16.4. The predicted octanol–water partition coefficient (Wildman–Crippen LogP) is 0.735. The zero-order valence-corrected chi connectivity index (χ0v) is 8.34. The van der Waals surface area contributed by atoms with Crippen molar-refractivity contribution in [2.75, 3.05) is 13.6 Å². The van der Waals surface area contributed by atoms with E-state index in [9.17, 15) is 4.79 Å². The molecule has 0 amide bonds. The molecule has 0 aliphatic carbocycles. The first kappa shape index (κ1) is 11.1. The normalized spacial score (nSPS) is 9.93. The average molecular weight is 205 g/mol. The second-order valence-corrected chi connectivity index (χ2v) is 3.17. The van der Waals surface area contributed by atoms with E-state index >= 15 is 0 Å². The van der Waals surface area contributed by atoms with E-state index < -0.39 is 5.97 Å². The summed E-state index contributed by atoms with van der Waals surface area (Å²) in [6, 6.07) is 4.96. The van der Waals surface area contributed by atoms with Crippen molar-refractivity contribution in [2.24, 2.45) is 0 Å². The highest BCUT2D eigenvalue weighted by Crippen LogP contribution is 2.04. The van der Waals surface area contributed by atoms with E-state index in [2.05, 4.69) is 4.98 Å². The van der Waals surface area contributed by atoms with Crippen LogP contribution in [0.1, 0.15) is 16.1 Å². The van der Waals surface area contributed by atoms with Gasteiger partial charge in [-0.1, -0.05) is 0 Å². The van der Waals surface area contributed by atoms with E-state index in [1.54, 1.807) is 11.9 Å². The molecule has 1 N–H and O–H groups in total. The van der Waals surface area contributed by atoms with Crippen molar-refractivity contribution >= 4 is 5.97 Å². The number of hydrogen-bond acceptors (Lipinski definition) is 4. The molecule has 1 aromatic heterocycles. The van der Waals surface area contributed by atoms with Crippen molar-refractivity contribution in [3.8, 4) is 6.07 Å². The van der Waals surface area contributed by atoms with Gasteiger partial charge in [0.25, 0.3) is 0 Å². The van der Waals surface area contributed by atoms with Crippen molar-refractivity contribution in [3.63, 3.8) is 0 Å². The minimum Gasteiger partial charge on any atom is -0.478 e. The number of aromatic carboxylic acids is 1. The molecule has 0 aromatic carbocycles. The summed E-state index contributed by atoms with van der Waals surface area (Å²) in [6.07, 6.45) is 1.46. The van der Waals surface area contributed by atoms with Gasteiger partial charge in [-0.05, 0) is 19.2 Å². The Kier molecular flexibility index (Phi) is 3.77. The minimum atomic E-state index is -0.971. The number of carboxylic acids is 1. The van der Waals surface area contributed by atoms with Crippen LogP contribution >= 0.6 is 0 Å². The molecule has 0 aliphatic rings. The number of carbonyl (C=O) groups is 1. The van der Waals surface area contributed by atoms with Gasteiger partial charge in [0, 0.05) is 12.7 Å². The van der Waals surface area contributed by atoms with E-state index in [-0.39, 0.29) is 5.56 Å². The zero-order chi connectivity index (χ0) is 11.3. The summed E-state index contributed by atoms with van der Waals surface area (Å²) in [4.78, 5) is 16.5. The van der Waals surface area contributed by atoms with E-state index in [1.165, 1.54) is 18.3 Å². The van der Waals surface area contributed by atoms with Crippen LogP contribution < -0.4 is 0 Å². The Hall–Kier alpha value is -1.93. The molecular weight excluding hydrogens is 194 g/mol. The second-order valence-electron chi connectivity index (χ2n) is 3.17. The molecule has 0 bridgehead atoms. The highest BCUT2D eigenvalue weighted by molar-refractivity contribution is 5.87. The van der Waals surface area contributed by atoms with Crippen molar-refractivity contribution < 1.29 is 9.90 Å². The summed E-state index contributed by atoms with van der Waals surface area (Å²) in [5, 5.41) is 17.2. The third kappa shape index (κ3) is 3.37. The highest BCUT2D eigenvalue weighted by Gasteiger charge is 2.05. The molecule has 0 saturated heterocycles. The lowest BCUT2D eigenvalue weighted by Gasteiger charge is -2.11. The first-order chi connectivity index (χ1) is 7.13. The lowest BCUT2D eigenvalue weighted by Crippen LogP contribution is -2.18. The summed E-state index contributed by atoms with van der Waals surface area (Å²) in [6.45, 7) is 0.758. The van der Waals surface area contributed by atoms with Crippen LogP contribution in [0.25, 0.3) is 0 Å². The third-order valence-electron chi connectivity index (χ3n) is 1.84. The van der Waals surface area contributed by atoms with Crippen LogP contribution in [0.2, 0.25) is 0 Å². The first-order valence-corrected chi connectivity index (χ1v) is 4.37. The molecule has 5 nitrogen and oxygen atoms in total. The second kappa shape index (κ2) is 5.08. The molecule has 0 atom stereocenters. The zero-order valence-electron chi connectivity index (χ0n) is 8.34. The molecule has 0 unspecified atom stereocenters. The largest absolute Gasteiger partial charge is 0.478 e. The van der Waals surface area contributed by atoms with Crippen LogP contribution in [0.5, 0.6) is 0 Å². The number of nitrogens with zero attached hydrogens (tertiary/aromatic N) is 3. The molecular formula is C10H11N3O2. The van der Waals surface area contributed by atoms with Gasteiger partial charge >= 0.3 is 5.97 Å². The number of rotatable bonds is 4. The Bertz CT molecular complexity index is 398. The summed E-state index contributed by atoms with van der Waals surface area (Å²) in [5.41, 5.74) is 0.859. The fourth-order valence-electron chi connectivity index (χ4n) is 1.15. The lowest BCUT2D eigenvalue weighted by atomic mass is 10.2. The van der Waals surface area contributed by atoms with E-state index in [0.29, 0.717) is 18.8 Å². The Labute approximate surface area is 87.6 Å². The van der Waals surface area contributed by atoms with E-state index in [4.69, 9.17) is 10.4 Å². The Balaban J connectivity index is 2.74. The first-order valence-electron chi connectivity index (χ1n) is 4.37. The molecule has 0 fully saturated rings. The monoisotopic (exact) mass is 205 g/mol. The summed E-state index contributed by atoms with van der Waals surface area (Å²) < 4.78 is 0. The maximum absolute atomic E-state index is 10.7. The van der Waals surface area contributed by atoms with Gasteiger partial charge in [0.2, 0.25) is 0 Å². The number of nitriles is 1. The Morgan fingerprint density at radius 1 is 1.73 bits per heavy atom. The van der Waals surface area contributed by atoms with Crippen LogP contribution in [0.4, 0.5) is 0 Å². The quantitative estimate of drug-likeness (QED) is 0.733. The minimum absolute atomic E-state index is 0.213. The number of hydrogen-bond donors (Lipinski definition) is 1. The van der Waals surface area contributed by atoms with Crippen LogP contribution in [0.3, 0.4) is 0 Å². The van der Waals surface area contributed by atoms with Crippen molar-refractivity contribution in [1.29, 1.82) is 5.26 Å².